The fraction of sp³-hybridized carbons (Fsp3) is 0.273. The van der Waals surface area contributed by atoms with E-state index in [4.69, 9.17) is 0 Å². The molecule has 2 N–H and O–H groups in total. The third kappa shape index (κ3) is 4.76. The van der Waals surface area contributed by atoms with E-state index in [1.807, 2.05) is 12.1 Å². The topological polar surface area (TPSA) is 53.1 Å². The maximum atomic E-state index is 4.58. The van der Waals surface area contributed by atoms with Crippen LogP contribution < -0.4 is 15.5 Å². The number of hydrogen-bond acceptors (Lipinski definition) is 5. The maximum Gasteiger partial charge on any atom is 0.229 e. The van der Waals surface area contributed by atoms with Gasteiger partial charge < -0.3 is 15.5 Å². The molecule has 0 fully saturated rings. The molecule has 0 unspecified atom stereocenters. The molecule has 0 bridgehead atoms. The smallest absolute Gasteiger partial charge is 0.229 e. The zero-order valence-corrected chi connectivity index (χ0v) is 16.2. The summed E-state index contributed by atoms with van der Waals surface area (Å²) in [5.41, 5.74) is 4.53. The summed E-state index contributed by atoms with van der Waals surface area (Å²) >= 11 is 0. The van der Waals surface area contributed by atoms with Crippen molar-refractivity contribution in [3.63, 3.8) is 0 Å². The van der Waals surface area contributed by atoms with Crippen LogP contribution in [0.2, 0.25) is 0 Å². The van der Waals surface area contributed by atoms with Gasteiger partial charge in [-0.3, -0.25) is 0 Å². The number of hydrogen-bond donors (Lipinski definition) is 2. The average Bonchev–Trinajstić information content (AvgIpc) is 2.71. The minimum atomic E-state index is 0.574. The number of anilines is 5. The number of nitrogens with one attached hydrogen (secondary N) is 2. The molecule has 5 heteroatoms. The Labute approximate surface area is 161 Å². The molecule has 1 aromatic heterocycles. The molecule has 27 heavy (non-hydrogen) atoms. The van der Waals surface area contributed by atoms with E-state index in [2.05, 4.69) is 88.7 Å². The van der Waals surface area contributed by atoms with E-state index in [1.54, 1.807) is 6.20 Å². The van der Waals surface area contributed by atoms with Crippen LogP contribution in [0.1, 0.15) is 26.3 Å². The first-order valence-electron chi connectivity index (χ1n) is 9.53. The molecule has 140 valence electrons. The molecule has 0 radical (unpaired) electrons. The summed E-state index contributed by atoms with van der Waals surface area (Å²) < 4.78 is 0. The van der Waals surface area contributed by atoms with Gasteiger partial charge in [-0.25, -0.2) is 4.98 Å². The van der Waals surface area contributed by atoms with Crippen LogP contribution in [0.15, 0.2) is 60.8 Å². The summed E-state index contributed by atoms with van der Waals surface area (Å²) in [5.74, 6) is 1.35. The second-order valence-electron chi connectivity index (χ2n) is 6.25. The number of aryl methyl sites for hydroxylation is 1. The highest BCUT2D eigenvalue weighted by atomic mass is 15.1. The zero-order valence-electron chi connectivity index (χ0n) is 16.2. The second kappa shape index (κ2) is 9.03. The Kier molecular flexibility index (Phi) is 6.26. The van der Waals surface area contributed by atoms with E-state index in [-0.39, 0.29) is 0 Å². The van der Waals surface area contributed by atoms with Crippen molar-refractivity contribution in [1.82, 2.24) is 9.97 Å². The third-order valence-corrected chi connectivity index (χ3v) is 4.57. The van der Waals surface area contributed by atoms with Crippen molar-refractivity contribution >= 4 is 28.8 Å². The molecule has 0 aliphatic rings. The van der Waals surface area contributed by atoms with Crippen LogP contribution in [-0.2, 0) is 6.42 Å². The van der Waals surface area contributed by atoms with E-state index in [1.165, 1.54) is 11.3 Å². The molecule has 0 amide bonds. The lowest BCUT2D eigenvalue weighted by Crippen LogP contribution is -2.21. The van der Waals surface area contributed by atoms with E-state index >= 15 is 0 Å². The maximum absolute atomic E-state index is 4.58. The largest absolute Gasteiger partial charge is 0.372 e. The van der Waals surface area contributed by atoms with Gasteiger partial charge in [0, 0.05) is 36.3 Å². The van der Waals surface area contributed by atoms with Gasteiger partial charge in [0.2, 0.25) is 5.95 Å². The molecule has 2 aromatic carbocycles. The molecule has 3 aromatic rings. The molecule has 0 saturated carbocycles. The molecule has 0 aliphatic heterocycles. The normalized spacial score (nSPS) is 10.5. The highest BCUT2D eigenvalue weighted by Crippen LogP contribution is 2.22. The number of para-hydroxylation sites is 1. The minimum Gasteiger partial charge on any atom is -0.372 e. The average molecular weight is 361 g/mol. The van der Waals surface area contributed by atoms with Gasteiger partial charge >= 0.3 is 0 Å². The van der Waals surface area contributed by atoms with Gasteiger partial charge in [0.15, 0.2) is 0 Å². The first kappa shape index (κ1) is 18.7. The lowest BCUT2D eigenvalue weighted by atomic mass is 10.1. The van der Waals surface area contributed by atoms with E-state index in [9.17, 15) is 0 Å². The Morgan fingerprint density at radius 2 is 1.59 bits per heavy atom. The Hall–Kier alpha value is -3.08. The molecule has 0 spiro atoms. The van der Waals surface area contributed by atoms with E-state index < -0.39 is 0 Å². The molecule has 0 atom stereocenters. The number of benzene rings is 2. The van der Waals surface area contributed by atoms with Crippen LogP contribution >= 0.6 is 0 Å². The van der Waals surface area contributed by atoms with Crippen molar-refractivity contribution in [2.24, 2.45) is 0 Å². The monoisotopic (exact) mass is 361 g/mol. The summed E-state index contributed by atoms with van der Waals surface area (Å²) in [6, 6.07) is 18.5. The van der Waals surface area contributed by atoms with Crippen molar-refractivity contribution in [3.05, 3.63) is 66.4 Å². The summed E-state index contributed by atoms with van der Waals surface area (Å²) in [7, 11) is 0. The predicted molar refractivity (Wildman–Crippen MR) is 114 cm³/mol. The molecule has 1 heterocycles. The van der Waals surface area contributed by atoms with Crippen molar-refractivity contribution < 1.29 is 0 Å². The standard InChI is InChI=1S/C22H27N5/c1-4-17-9-7-8-10-20(17)25-21-15-16-23-22(26-21)24-18-11-13-19(14-12-18)27(5-2)6-3/h7-16H,4-6H2,1-3H3,(H2,23,24,25,26). The predicted octanol–water partition coefficient (Wildman–Crippen LogP) is 5.37. The number of nitrogens with zero attached hydrogens (tertiary/aromatic N) is 3. The van der Waals surface area contributed by atoms with Gasteiger partial charge in [0.1, 0.15) is 5.82 Å². The fourth-order valence-corrected chi connectivity index (χ4v) is 3.05. The summed E-state index contributed by atoms with van der Waals surface area (Å²) in [5, 5.41) is 6.67. The van der Waals surface area contributed by atoms with Gasteiger partial charge in [-0.1, -0.05) is 25.1 Å². The Bertz CT molecular complexity index is 857. The number of rotatable bonds is 8. The minimum absolute atomic E-state index is 0.574. The molecular weight excluding hydrogens is 334 g/mol. The van der Waals surface area contributed by atoms with Gasteiger partial charge in [0.05, 0.1) is 0 Å². The lowest BCUT2D eigenvalue weighted by molar-refractivity contribution is 0.866. The summed E-state index contributed by atoms with van der Waals surface area (Å²) in [4.78, 5) is 11.2. The first-order chi connectivity index (χ1) is 13.2. The lowest BCUT2D eigenvalue weighted by Gasteiger charge is -2.21. The van der Waals surface area contributed by atoms with Gasteiger partial charge in [0.25, 0.3) is 0 Å². The van der Waals surface area contributed by atoms with Crippen molar-refractivity contribution in [3.8, 4) is 0 Å². The SMILES string of the molecule is CCc1ccccc1Nc1ccnc(Nc2ccc(N(CC)CC)cc2)n1. The van der Waals surface area contributed by atoms with E-state index in [0.29, 0.717) is 5.95 Å². The summed E-state index contributed by atoms with van der Waals surface area (Å²) in [6.07, 6.45) is 2.73. The fourth-order valence-electron chi connectivity index (χ4n) is 3.05. The van der Waals surface area contributed by atoms with Crippen molar-refractivity contribution in [1.29, 1.82) is 0 Å². The molecule has 5 nitrogen and oxygen atoms in total. The highest BCUT2D eigenvalue weighted by Gasteiger charge is 2.05. The Morgan fingerprint density at radius 3 is 2.30 bits per heavy atom. The van der Waals surface area contributed by atoms with Crippen LogP contribution in [0.4, 0.5) is 28.8 Å². The number of aromatic nitrogens is 2. The van der Waals surface area contributed by atoms with Crippen LogP contribution in [0.3, 0.4) is 0 Å². The Morgan fingerprint density at radius 1 is 0.852 bits per heavy atom. The van der Waals surface area contributed by atoms with Crippen molar-refractivity contribution in [2.75, 3.05) is 28.6 Å². The van der Waals surface area contributed by atoms with Crippen LogP contribution in [0, 0.1) is 0 Å². The van der Waals surface area contributed by atoms with Gasteiger partial charge in [-0.2, -0.15) is 4.98 Å². The molecule has 0 saturated heterocycles. The zero-order chi connectivity index (χ0) is 19.1. The Balaban J connectivity index is 1.72. The van der Waals surface area contributed by atoms with E-state index in [0.717, 1.165) is 36.7 Å². The first-order valence-corrected chi connectivity index (χ1v) is 9.53. The van der Waals surface area contributed by atoms with Crippen LogP contribution in [-0.4, -0.2) is 23.1 Å². The van der Waals surface area contributed by atoms with Crippen LogP contribution in [0.25, 0.3) is 0 Å². The molecular formula is C22H27N5. The van der Waals surface area contributed by atoms with Crippen molar-refractivity contribution in [2.45, 2.75) is 27.2 Å². The summed E-state index contributed by atoms with van der Waals surface area (Å²) in [6.45, 7) is 8.48. The highest BCUT2D eigenvalue weighted by molar-refractivity contribution is 5.63. The van der Waals surface area contributed by atoms with Crippen LogP contribution in [0.5, 0.6) is 0 Å². The molecule has 3 rings (SSSR count). The second-order valence-corrected chi connectivity index (χ2v) is 6.25. The van der Waals surface area contributed by atoms with Gasteiger partial charge in [-0.05, 0) is 62.2 Å². The third-order valence-electron chi connectivity index (χ3n) is 4.57. The quantitative estimate of drug-likeness (QED) is 0.565. The molecule has 0 aliphatic carbocycles. The van der Waals surface area contributed by atoms with Gasteiger partial charge in [-0.15, -0.1) is 0 Å².